The third-order valence-corrected chi connectivity index (χ3v) is 6.05. The molecule has 11 heteroatoms. The fourth-order valence-electron chi connectivity index (χ4n) is 3.98. The zero-order valence-corrected chi connectivity index (χ0v) is 21.2. The highest BCUT2D eigenvalue weighted by molar-refractivity contribution is 6.30. The topological polar surface area (TPSA) is 108 Å². The second kappa shape index (κ2) is 9.83. The average molecular weight is 521 g/mol. The molecule has 3 aromatic carbocycles. The lowest BCUT2D eigenvalue weighted by Gasteiger charge is -1.99. The summed E-state index contributed by atoms with van der Waals surface area (Å²) in [7, 11) is 0. The predicted molar refractivity (Wildman–Crippen MR) is 146 cm³/mol. The van der Waals surface area contributed by atoms with Gasteiger partial charge in [-0.25, -0.2) is 19.0 Å². The van der Waals surface area contributed by atoms with E-state index in [1.54, 1.807) is 12.1 Å². The van der Waals surface area contributed by atoms with Crippen molar-refractivity contribution in [2.45, 2.75) is 13.8 Å². The van der Waals surface area contributed by atoms with Gasteiger partial charge in [-0.2, -0.15) is 5.10 Å². The molecule has 38 heavy (non-hydrogen) atoms. The number of hydrogen-bond donors (Lipinski definition) is 1. The Balaban J connectivity index is 1.57. The van der Waals surface area contributed by atoms with Gasteiger partial charge in [0.15, 0.2) is 28.3 Å². The second-order valence-corrected chi connectivity index (χ2v) is 8.90. The summed E-state index contributed by atoms with van der Waals surface area (Å²) >= 11 is 6.03. The van der Waals surface area contributed by atoms with Crippen molar-refractivity contribution in [2.24, 2.45) is 25.6 Å². The van der Waals surface area contributed by atoms with E-state index >= 15 is 0 Å². The lowest BCUT2D eigenvalue weighted by atomic mass is 10.3. The summed E-state index contributed by atoms with van der Waals surface area (Å²) < 4.78 is 3.64. The van der Waals surface area contributed by atoms with Gasteiger partial charge in [0.2, 0.25) is 0 Å². The number of hydrogen-bond acceptors (Lipinski definition) is 8. The maximum atomic E-state index is 6.03. The van der Waals surface area contributed by atoms with Crippen molar-refractivity contribution in [2.75, 3.05) is 5.43 Å². The van der Waals surface area contributed by atoms with Gasteiger partial charge in [0.1, 0.15) is 0 Å². The number of aromatic nitrogens is 4. The van der Waals surface area contributed by atoms with Crippen LogP contribution in [0, 0.1) is 13.8 Å². The zero-order chi connectivity index (χ0) is 26.1. The zero-order valence-electron chi connectivity index (χ0n) is 20.5. The molecule has 0 saturated carbocycles. The van der Waals surface area contributed by atoms with Gasteiger partial charge in [0, 0.05) is 5.02 Å². The minimum absolute atomic E-state index is 0.536. The van der Waals surface area contributed by atoms with Crippen LogP contribution in [0.3, 0.4) is 0 Å². The number of rotatable bonds is 6. The van der Waals surface area contributed by atoms with E-state index in [0.717, 1.165) is 17.1 Å². The first-order valence-electron chi connectivity index (χ1n) is 11.8. The SMILES string of the molecule is Cc1nc2c(=NNc3ccc(Cl)cc3)c3nc(C)c(N=Nc4ccccc4)n3n2c1N=Nc1ccccc1. The molecule has 3 aromatic heterocycles. The molecule has 186 valence electrons. The smallest absolute Gasteiger partial charge is 0.198 e. The number of halogens is 1. The van der Waals surface area contributed by atoms with Gasteiger partial charge in [0.25, 0.3) is 0 Å². The maximum Gasteiger partial charge on any atom is 0.198 e. The van der Waals surface area contributed by atoms with Gasteiger partial charge in [-0.3, -0.25) is 5.43 Å². The molecule has 0 aliphatic rings. The summed E-state index contributed by atoms with van der Waals surface area (Å²) in [6.45, 7) is 3.76. The highest BCUT2D eigenvalue weighted by atomic mass is 35.5. The van der Waals surface area contributed by atoms with E-state index in [2.05, 4.69) is 31.0 Å². The van der Waals surface area contributed by atoms with Crippen LogP contribution in [0.2, 0.25) is 5.02 Å². The molecule has 0 bridgehead atoms. The van der Waals surface area contributed by atoms with E-state index in [9.17, 15) is 0 Å². The lowest BCUT2D eigenvalue weighted by Crippen LogP contribution is -2.06. The Morgan fingerprint density at radius 3 is 1.58 bits per heavy atom. The van der Waals surface area contributed by atoms with Crippen LogP contribution < -0.4 is 10.8 Å². The van der Waals surface area contributed by atoms with Crippen LogP contribution in [-0.2, 0) is 0 Å². The molecule has 0 saturated heterocycles. The standard InChI is InChI=1S/C27H21ClN10/c1-17-24(35-32-20-9-5-3-6-10-20)37-26(29-17)23(34-31-22-15-13-19(28)14-16-22)27-30-18(2)25(38(27)37)36-33-21-11-7-4-8-12-21/h3-16,31H,1-2H3. The minimum atomic E-state index is 0.536. The molecule has 0 aliphatic carbocycles. The van der Waals surface area contributed by atoms with Gasteiger partial charge < -0.3 is 0 Å². The summed E-state index contributed by atoms with van der Waals surface area (Å²) in [5.41, 5.74) is 7.79. The van der Waals surface area contributed by atoms with Crippen molar-refractivity contribution in [3.63, 3.8) is 0 Å². The monoisotopic (exact) mass is 520 g/mol. The van der Waals surface area contributed by atoms with E-state index in [1.165, 1.54) is 0 Å². The Morgan fingerprint density at radius 1 is 0.632 bits per heavy atom. The number of nitrogens with zero attached hydrogens (tertiary/aromatic N) is 9. The summed E-state index contributed by atoms with van der Waals surface area (Å²) in [5, 5.41) is 23.8. The average Bonchev–Trinajstić information content (AvgIpc) is 3.53. The number of aryl methyl sites for hydroxylation is 2. The van der Waals surface area contributed by atoms with Crippen LogP contribution in [0.4, 0.5) is 28.7 Å². The molecule has 6 rings (SSSR count). The van der Waals surface area contributed by atoms with Crippen LogP contribution in [0.1, 0.15) is 11.4 Å². The summed E-state index contributed by atoms with van der Waals surface area (Å²) in [4.78, 5) is 9.54. The van der Waals surface area contributed by atoms with Crippen LogP contribution in [0.15, 0.2) is 110 Å². The number of benzene rings is 3. The molecule has 0 spiro atoms. The molecule has 0 radical (unpaired) electrons. The molecule has 0 amide bonds. The minimum Gasteiger partial charge on any atom is -0.278 e. The third-order valence-electron chi connectivity index (χ3n) is 5.79. The number of azo groups is 2. The number of anilines is 1. The fourth-order valence-corrected chi connectivity index (χ4v) is 4.10. The van der Waals surface area contributed by atoms with Gasteiger partial charge >= 0.3 is 0 Å². The second-order valence-electron chi connectivity index (χ2n) is 8.46. The van der Waals surface area contributed by atoms with Crippen molar-refractivity contribution >= 4 is 51.6 Å². The van der Waals surface area contributed by atoms with Gasteiger partial charge in [-0.1, -0.05) is 48.0 Å². The molecule has 0 unspecified atom stereocenters. The highest BCUT2D eigenvalue weighted by Gasteiger charge is 2.23. The summed E-state index contributed by atoms with van der Waals surface area (Å²) in [5.74, 6) is 1.07. The van der Waals surface area contributed by atoms with E-state index in [4.69, 9.17) is 21.6 Å². The molecule has 10 nitrogen and oxygen atoms in total. The first-order chi connectivity index (χ1) is 18.6. The molecule has 0 fully saturated rings. The maximum absolute atomic E-state index is 6.03. The largest absolute Gasteiger partial charge is 0.278 e. The Morgan fingerprint density at radius 2 is 1.11 bits per heavy atom. The normalized spacial score (nSPS) is 11.9. The van der Waals surface area contributed by atoms with E-state index < -0.39 is 0 Å². The quantitative estimate of drug-likeness (QED) is 0.182. The van der Waals surface area contributed by atoms with Crippen LogP contribution >= 0.6 is 11.6 Å². The Bertz CT molecular complexity index is 1740. The molecule has 0 aliphatic heterocycles. The lowest BCUT2D eigenvalue weighted by molar-refractivity contribution is 0.859. The van der Waals surface area contributed by atoms with E-state index in [-0.39, 0.29) is 0 Å². The van der Waals surface area contributed by atoms with Gasteiger partial charge in [-0.15, -0.1) is 20.5 Å². The Kier molecular flexibility index (Phi) is 6.06. The fraction of sp³-hybridized carbons (Fsp3) is 0.0741. The van der Waals surface area contributed by atoms with Crippen molar-refractivity contribution in [1.82, 2.24) is 19.0 Å². The van der Waals surface area contributed by atoms with Crippen LogP contribution in [-0.4, -0.2) is 19.0 Å². The molecule has 0 atom stereocenters. The first kappa shape index (κ1) is 23.4. The van der Waals surface area contributed by atoms with Crippen LogP contribution in [0.25, 0.3) is 11.3 Å². The molecule has 3 heterocycles. The predicted octanol–water partition coefficient (Wildman–Crippen LogP) is 7.45. The van der Waals surface area contributed by atoms with Crippen LogP contribution in [0.5, 0.6) is 0 Å². The Labute approximate surface area is 222 Å². The molecular weight excluding hydrogens is 500 g/mol. The van der Waals surface area contributed by atoms with E-state index in [0.29, 0.717) is 44.7 Å². The number of imidazole rings is 2. The Hall–Kier alpha value is -4.96. The van der Waals surface area contributed by atoms with Gasteiger partial charge in [-0.05, 0) is 62.4 Å². The highest BCUT2D eigenvalue weighted by Crippen LogP contribution is 2.29. The van der Waals surface area contributed by atoms with Crippen molar-refractivity contribution in [3.8, 4) is 0 Å². The molecular formula is C27H21ClN10. The third kappa shape index (κ3) is 4.37. The summed E-state index contributed by atoms with van der Waals surface area (Å²) in [6, 6.07) is 26.3. The van der Waals surface area contributed by atoms with Crippen molar-refractivity contribution in [3.05, 3.63) is 107 Å². The first-order valence-corrected chi connectivity index (χ1v) is 12.2. The van der Waals surface area contributed by atoms with Crippen molar-refractivity contribution in [1.29, 1.82) is 0 Å². The number of fused-ring (bicyclic) bond motifs is 3. The molecule has 6 aromatic rings. The number of nitrogens with one attached hydrogen (secondary N) is 1. The summed E-state index contributed by atoms with van der Waals surface area (Å²) in [6.07, 6.45) is 0. The molecule has 1 N–H and O–H groups in total. The van der Waals surface area contributed by atoms with E-state index in [1.807, 2.05) is 95.7 Å². The van der Waals surface area contributed by atoms with Gasteiger partial charge in [0.05, 0.1) is 28.5 Å². The van der Waals surface area contributed by atoms with Crippen molar-refractivity contribution < 1.29 is 0 Å².